The monoisotopic (exact) mass is 1100 g/mol. The second kappa shape index (κ2) is 59.3. The fraction of sp³-hybridized carbons (Fsp3) is 0.897. The molecule has 456 valence electrons. The smallest absolute Gasteiger partial charge is 0.268 e. The number of quaternary nitrogens is 1. The number of nitrogens with one attached hydrogen (secondary N) is 1. The fourth-order valence-corrected chi connectivity index (χ4v) is 11.0. The van der Waals surface area contributed by atoms with Crippen LogP contribution < -0.4 is 10.2 Å². The molecule has 8 nitrogen and oxygen atoms in total. The van der Waals surface area contributed by atoms with Gasteiger partial charge in [0.1, 0.15) is 13.2 Å². The van der Waals surface area contributed by atoms with Gasteiger partial charge in [0, 0.05) is 6.42 Å². The number of nitrogens with zero attached hydrogens (tertiary/aromatic N) is 1. The van der Waals surface area contributed by atoms with Crippen LogP contribution in [0.5, 0.6) is 0 Å². The molecule has 2 N–H and O–H groups in total. The highest BCUT2D eigenvalue weighted by Gasteiger charge is 2.23. The lowest BCUT2D eigenvalue weighted by Crippen LogP contribution is -2.45. The number of hydrogen-bond donors (Lipinski definition) is 2. The molecule has 0 aliphatic rings. The van der Waals surface area contributed by atoms with Gasteiger partial charge in [0.05, 0.1) is 39.9 Å². The lowest BCUT2D eigenvalue weighted by molar-refractivity contribution is -0.870. The third-order valence-electron chi connectivity index (χ3n) is 15.6. The first-order valence-corrected chi connectivity index (χ1v) is 35.3. The summed E-state index contributed by atoms with van der Waals surface area (Å²) in [6, 6.07) is -0.903. The highest BCUT2D eigenvalue weighted by molar-refractivity contribution is 7.45. The molecule has 0 rings (SSSR count). The van der Waals surface area contributed by atoms with Crippen molar-refractivity contribution < 1.29 is 32.9 Å². The molecule has 77 heavy (non-hydrogen) atoms. The van der Waals surface area contributed by atoms with Gasteiger partial charge in [0.2, 0.25) is 5.91 Å². The maximum atomic E-state index is 13.0. The predicted molar refractivity (Wildman–Crippen MR) is 335 cm³/mol. The Morgan fingerprint density at radius 3 is 1.05 bits per heavy atom. The van der Waals surface area contributed by atoms with Crippen molar-refractivity contribution in [3.63, 3.8) is 0 Å². The van der Waals surface area contributed by atoms with Crippen molar-refractivity contribution in [2.24, 2.45) is 0 Å². The molecule has 0 aliphatic carbocycles. The number of phosphoric acid groups is 1. The fourth-order valence-electron chi connectivity index (χ4n) is 10.3. The number of carbonyl (C=O) groups excluding carboxylic acids is 1. The Kier molecular flexibility index (Phi) is 58.4. The van der Waals surface area contributed by atoms with Gasteiger partial charge in [-0.05, 0) is 57.8 Å². The molecule has 9 heteroatoms. The molecule has 0 saturated carbocycles. The molecular weight excluding hydrogens is 972 g/mol. The largest absolute Gasteiger partial charge is 0.756 e. The van der Waals surface area contributed by atoms with Crippen LogP contribution in [0.4, 0.5) is 0 Å². The van der Waals surface area contributed by atoms with E-state index in [4.69, 9.17) is 9.05 Å². The molecule has 0 aromatic carbocycles. The Morgan fingerprint density at radius 1 is 0.442 bits per heavy atom. The molecule has 0 aromatic heterocycles. The number of carbonyl (C=O) groups is 1. The topological polar surface area (TPSA) is 108 Å². The first kappa shape index (κ1) is 75.7. The van der Waals surface area contributed by atoms with Crippen LogP contribution in [0.1, 0.15) is 341 Å². The third-order valence-corrected chi connectivity index (χ3v) is 16.5. The second-order valence-corrected chi connectivity index (χ2v) is 25.9. The van der Waals surface area contributed by atoms with Crippen LogP contribution in [-0.4, -0.2) is 68.5 Å². The van der Waals surface area contributed by atoms with E-state index in [1.807, 2.05) is 27.2 Å². The summed E-state index contributed by atoms with van der Waals surface area (Å²) < 4.78 is 23.4. The molecule has 0 fully saturated rings. The van der Waals surface area contributed by atoms with E-state index in [-0.39, 0.29) is 19.1 Å². The number of aliphatic hydroxyl groups excluding tert-OH is 1. The summed E-state index contributed by atoms with van der Waals surface area (Å²) in [7, 11) is 1.26. The molecule has 0 bridgehead atoms. The number of hydrogen-bond acceptors (Lipinski definition) is 6. The number of aliphatic hydroxyl groups is 1. The van der Waals surface area contributed by atoms with Gasteiger partial charge in [-0.2, -0.15) is 0 Å². The summed E-state index contributed by atoms with van der Waals surface area (Å²) in [5, 5.41) is 13.9. The highest BCUT2D eigenvalue weighted by atomic mass is 31.2. The zero-order valence-corrected chi connectivity index (χ0v) is 53.1. The minimum absolute atomic E-state index is 0.00444. The van der Waals surface area contributed by atoms with Crippen LogP contribution in [0.3, 0.4) is 0 Å². The van der Waals surface area contributed by atoms with E-state index in [9.17, 15) is 19.4 Å². The Hall–Kier alpha value is -1.28. The Labute approximate surface area is 480 Å². The Bertz CT molecular complexity index is 1350. The minimum Gasteiger partial charge on any atom is -0.756 e. The van der Waals surface area contributed by atoms with Gasteiger partial charge in [-0.1, -0.05) is 314 Å². The zero-order valence-electron chi connectivity index (χ0n) is 52.2. The molecule has 1 amide bonds. The maximum absolute atomic E-state index is 13.0. The van der Waals surface area contributed by atoms with Gasteiger partial charge in [0.25, 0.3) is 7.82 Å². The van der Waals surface area contributed by atoms with Crippen molar-refractivity contribution in [2.75, 3.05) is 40.9 Å². The van der Waals surface area contributed by atoms with Gasteiger partial charge in [-0.25, -0.2) is 0 Å². The zero-order chi connectivity index (χ0) is 56.3. The molecule has 0 heterocycles. The van der Waals surface area contributed by atoms with Crippen molar-refractivity contribution in [3.05, 3.63) is 36.5 Å². The lowest BCUT2D eigenvalue weighted by Gasteiger charge is -2.29. The van der Waals surface area contributed by atoms with E-state index in [1.165, 1.54) is 283 Å². The van der Waals surface area contributed by atoms with E-state index >= 15 is 0 Å². The molecule has 0 spiro atoms. The average Bonchev–Trinajstić information content (AvgIpc) is 3.39. The average molecular weight is 1110 g/mol. The van der Waals surface area contributed by atoms with Gasteiger partial charge < -0.3 is 28.8 Å². The summed E-state index contributed by atoms with van der Waals surface area (Å²) in [6.45, 7) is 4.68. The molecule has 0 saturated heterocycles. The SMILES string of the molecule is CCCCCCCCCC/C=C\CCCCCCCCCCCCCCCCCCCCCCCC(=O)NC(COP(=O)([O-])OCC[N+](C)(C)C)C(O)/C=C/CC/C=C/CCCCCCCCCCCCCCCCCC. The van der Waals surface area contributed by atoms with E-state index in [2.05, 4.69) is 43.5 Å². The minimum atomic E-state index is -4.61. The molecular formula is C68H133N2O6P. The summed E-state index contributed by atoms with van der Waals surface area (Å²) in [5.41, 5.74) is 0. The van der Waals surface area contributed by atoms with Gasteiger partial charge in [-0.3, -0.25) is 9.36 Å². The summed E-state index contributed by atoms with van der Waals surface area (Å²) in [5.74, 6) is -0.200. The number of unbranched alkanes of at least 4 members (excludes halogenated alkanes) is 46. The van der Waals surface area contributed by atoms with Crippen molar-refractivity contribution in [1.82, 2.24) is 5.32 Å². The molecule has 0 aliphatic heterocycles. The van der Waals surface area contributed by atoms with Crippen molar-refractivity contribution in [2.45, 2.75) is 353 Å². The number of likely N-dealkylation sites (N-methyl/N-ethyl adjacent to an activating group) is 1. The first-order chi connectivity index (χ1) is 37.5. The molecule has 3 unspecified atom stereocenters. The maximum Gasteiger partial charge on any atom is 0.268 e. The summed E-state index contributed by atoms with van der Waals surface area (Å²) >= 11 is 0. The first-order valence-electron chi connectivity index (χ1n) is 33.9. The van der Waals surface area contributed by atoms with Gasteiger partial charge in [0.15, 0.2) is 0 Å². The summed E-state index contributed by atoms with van der Waals surface area (Å²) in [6.07, 6.45) is 78.4. The number of phosphoric ester groups is 1. The van der Waals surface area contributed by atoms with Crippen LogP contribution in [0.25, 0.3) is 0 Å². The van der Waals surface area contributed by atoms with Crippen molar-refractivity contribution in [3.8, 4) is 0 Å². The van der Waals surface area contributed by atoms with Crippen LogP contribution in [0, 0.1) is 0 Å². The van der Waals surface area contributed by atoms with Gasteiger partial charge in [-0.15, -0.1) is 0 Å². The van der Waals surface area contributed by atoms with E-state index in [0.29, 0.717) is 17.4 Å². The predicted octanol–water partition coefficient (Wildman–Crippen LogP) is 20.6. The molecule has 3 atom stereocenters. The molecule has 0 aromatic rings. The van der Waals surface area contributed by atoms with Crippen LogP contribution >= 0.6 is 7.82 Å². The van der Waals surface area contributed by atoms with E-state index < -0.39 is 20.0 Å². The van der Waals surface area contributed by atoms with Gasteiger partial charge >= 0.3 is 0 Å². The van der Waals surface area contributed by atoms with Crippen molar-refractivity contribution in [1.29, 1.82) is 0 Å². The number of rotatable bonds is 63. The Morgan fingerprint density at radius 2 is 0.727 bits per heavy atom. The van der Waals surface area contributed by atoms with Crippen LogP contribution in [0.2, 0.25) is 0 Å². The normalized spacial score (nSPS) is 13.9. The molecule has 0 radical (unpaired) electrons. The number of amides is 1. The van der Waals surface area contributed by atoms with Crippen LogP contribution in [-0.2, 0) is 18.4 Å². The van der Waals surface area contributed by atoms with E-state index in [0.717, 1.165) is 38.5 Å². The highest BCUT2D eigenvalue weighted by Crippen LogP contribution is 2.38. The van der Waals surface area contributed by atoms with Crippen molar-refractivity contribution >= 4 is 13.7 Å². The van der Waals surface area contributed by atoms with Crippen LogP contribution in [0.15, 0.2) is 36.5 Å². The van der Waals surface area contributed by atoms with E-state index in [1.54, 1.807) is 6.08 Å². The third kappa shape index (κ3) is 62.2. The quantitative estimate of drug-likeness (QED) is 0.0272. The second-order valence-electron chi connectivity index (χ2n) is 24.5. The lowest BCUT2D eigenvalue weighted by atomic mass is 10.0. The standard InChI is InChI=1S/C68H133N2O6P/c1-6-8-10-12-14-16-18-20-22-24-26-28-30-31-32-33-34-35-36-37-38-39-40-42-44-46-48-50-52-54-56-58-60-62-68(72)69-66(65-76-77(73,74)75-64-63-70(3,4)5)67(71)61-59-57-55-53-51-49-47-45-43-41-29-27-25-23-21-19-17-15-13-11-9-7-2/h24,26,51,53,59,61,66-67,71H,6-23,25,27-50,52,54-58,60,62-65H2,1-5H3,(H-,69,72,73,74)/b26-24-,53-51+,61-59+. The summed E-state index contributed by atoms with van der Waals surface area (Å²) in [4.78, 5) is 25.6. The Balaban J connectivity index is 4.05. The number of allylic oxidation sites excluding steroid dienone is 5.